The highest BCUT2D eigenvalue weighted by molar-refractivity contribution is 5.98. The second-order valence-electron chi connectivity index (χ2n) is 7.08. The van der Waals surface area contributed by atoms with E-state index in [9.17, 15) is 18.4 Å². The van der Waals surface area contributed by atoms with Gasteiger partial charge in [-0.2, -0.15) is 0 Å². The molecule has 1 amide bonds. The normalized spacial score (nSPS) is 14.3. The van der Waals surface area contributed by atoms with Crippen molar-refractivity contribution in [3.8, 4) is 0 Å². The van der Waals surface area contributed by atoms with Gasteiger partial charge in [0.1, 0.15) is 0 Å². The van der Waals surface area contributed by atoms with Gasteiger partial charge in [0.25, 0.3) is 0 Å². The summed E-state index contributed by atoms with van der Waals surface area (Å²) < 4.78 is 26.3. The molecular formula is C22H23F2NO2. The van der Waals surface area contributed by atoms with Crippen LogP contribution in [0.4, 0.5) is 8.78 Å². The smallest absolute Gasteiger partial charge is 0.220 e. The SMILES string of the molecule is CC(NC(=O)CCC(=O)c1ccc2c(c1)CCCC2)c1ccc(F)c(F)c1. The molecule has 1 atom stereocenters. The molecule has 0 aliphatic heterocycles. The van der Waals surface area contributed by atoms with E-state index in [1.165, 1.54) is 23.6 Å². The summed E-state index contributed by atoms with van der Waals surface area (Å²) in [6.45, 7) is 1.69. The Hall–Kier alpha value is -2.56. The number of hydrogen-bond donors (Lipinski definition) is 1. The molecular weight excluding hydrogens is 348 g/mol. The third kappa shape index (κ3) is 4.79. The zero-order valence-corrected chi connectivity index (χ0v) is 15.4. The van der Waals surface area contributed by atoms with Crippen LogP contribution < -0.4 is 5.32 Å². The minimum absolute atomic E-state index is 0.0565. The number of amides is 1. The predicted octanol–water partition coefficient (Wildman–Crippen LogP) is 4.68. The largest absolute Gasteiger partial charge is 0.350 e. The summed E-state index contributed by atoms with van der Waals surface area (Å²) in [7, 11) is 0. The lowest BCUT2D eigenvalue weighted by Crippen LogP contribution is -2.27. The van der Waals surface area contributed by atoms with Gasteiger partial charge in [0.2, 0.25) is 5.91 Å². The Labute approximate surface area is 157 Å². The van der Waals surface area contributed by atoms with Gasteiger partial charge in [0, 0.05) is 18.4 Å². The van der Waals surface area contributed by atoms with Crippen LogP contribution in [0.1, 0.15) is 65.7 Å². The minimum Gasteiger partial charge on any atom is -0.350 e. The number of benzene rings is 2. The lowest BCUT2D eigenvalue weighted by Gasteiger charge is -2.16. The first-order chi connectivity index (χ1) is 12.9. The monoisotopic (exact) mass is 371 g/mol. The van der Waals surface area contributed by atoms with Crippen molar-refractivity contribution in [3.05, 3.63) is 70.3 Å². The van der Waals surface area contributed by atoms with Gasteiger partial charge in [-0.15, -0.1) is 0 Å². The summed E-state index contributed by atoms with van der Waals surface area (Å²) >= 11 is 0. The van der Waals surface area contributed by atoms with Crippen LogP contribution in [0.2, 0.25) is 0 Å². The molecule has 3 rings (SSSR count). The number of halogens is 2. The Morgan fingerprint density at radius 3 is 2.44 bits per heavy atom. The molecule has 0 bridgehead atoms. The van der Waals surface area contributed by atoms with Crippen molar-refractivity contribution in [2.45, 2.75) is 51.5 Å². The van der Waals surface area contributed by atoms with Crippen molar-refractivity contribution in [2.24, 2.45) is 0 Å². The maximum absolute atomic E-state index is 13.3. The maximum atomic E-state index is 13.3. The zero-order valence-electron chi connectivity index (χ0n) is 15.4. The Bertz CT molecular complexity index is 863. The molecule has 0 spiro atoms. The van der Waals surface area contributed by atoms with Gasteiger partial charge in [-0.25, -0.2) is 8.78 Å². The molecule has 27 heavy (non-hydrogen) atoms. The van der Waals surface area contributed by atoms with Crippen molar-refractivity contribution in [1.29, 1.82) is 0 Å². The summed E-state index contributed by atoms with van der Waals surface area (Å²) in [5, 5.41) is 2.72. The molecule has 1 N–H and O–H groups in total. The second-order valence-corrected chi connectivity index (χ2v) is 7.08. The first kappa shape index (κ1) is 19.2. The van der Waals surface area contributed by atoms with E-state index in [2.05, 4.69) is 5.32 Å². The first-order valence-corrected chi connectivity index (χ1v) is 9.33. The number of ketones is 1. The molecule has 0 radical (unpaired) electrons. The number of nitrogens with one attached hydrogen (secondary N) is 1. The van der Waals surface area contributed by atoms with Gasteiger partial charge in [-0.05, 0) is 67.5 Å². The zero-order chi connectivity index (χ0) is 19.4. The van der Waals surface area contributed by atoms with E-state index in [-0.39, 0.29) is 24.5 Å². The molecule has 0 heterocycles. The van der Waals surface area contributed by atoms with E-state index in [4.69, 9.17) is 0 Å². The van der Waals surface area contributed by atoms with Gasteiger partial charge in [0.05, 0.1) is 6.04 Å². The molecule has 1 unspecified atom stereocenters. The molecule has 5 heteroatoms. The van der Waals surface area contributed by atoms with Gasteiger partial charge in [0.15, 0.2) is 17.4 Å². The summed E-state index contributed by atoms with van der Waals surface area (Å²) in [5.41, 5.74) is 3.68. The summed E-state index contributed by atoms with van der Waals surface area (Å²) in [6.07, 6.45) is 4.58. The van der Waals surface area contributed by atoms with Crippen LogP contribution >= 0.6 is 0 Å². The number of fused-ring (bicyclic) bond motifs is 1. The van der Waals surface area contributed by atoms with E-state index in [1.807, 2.05) is 18.2 Å². The summed E-state index contributed by atoms with van der Waals surface area (Å²) in [4.78, 5) is 24.5. The highest BCUT2D eigenvalue weighted by atomic mass is 19.2. The van der Waals surface area contributed by atoms with Gasteiger partial charge < -0.3 is 5.32 Å². The Morgan fingerprint density at radius 2 is 1.70 bits per heavy atom. The average molecular weight is 371 g/mol. The van der Waals surface area contributed by atoms with Crippen LogP contribution in [0.15, 0.2) is 36.4 Å². The van der Waals surface area contributed by atoms with Crippen LogP contribution in [0.5, 0.6) is 0 Å². The molecule has 0 saturated carbocycles. The van der Waals surface area contributed by atoms with Gasteiger partial charge in [-0.1, -0.05) is 18.2 Å². The highest BCUT2D eigenvalue weighted by Gasteiger charge is 2.16. The lowest BCUT2D eigenvalue weighted by atomic mass is 9.89. The van der Waals surface area contributed by atoms with Crippen molar-refractivity contribution < 1.29 is 18.4 Å². The second kappa shape index (κ2) is 8.42. The van der Waals surface area contributed by atoms with E-state index < -0.39 is 17.7 Å². The molecule has 0 fully saturated rings. The molecule has 2 aromatic carbocycles. The Kier molecular flexibility index (Phi) is 5.99. The van der Waals surface area contributed by atoms with Crippen molar-refractivity contribution in [1.82, 2.24) is 5.32 Å². The van der Waals surface area contributed by atoms with Crippen LogP contribution in [0.25, 0.3) is 0 Å². The quantitative estimate of drug-likeness (QED) is 0.749. The molecule has 142 valence electrons. The number of carbonyl (C=O) groups is 2. The fourth-order valence-corrected chi connectivity index (χ4v) is 3.46. The Morgan fingerprint density at radius 1 is 0.963 bits per heavy atom. The Balaban J connectivity index is 1.54. The maximum Gasteiger partial charge on any atom is 0.220 e. The minimum atomic E-state index is -0.948. The van der Waals surface area contributed by atoms with Gasteiger partial charge >= 0.3 is 0 Å². The number of aryl methyl sites for hydroxylation is 2. The molecule has 1 aliphatic rings. The fraction of sp³-hybridized carbons (Fsp3) is 0.364. The van der Waals surface area contributed by atoms with Crippen molar-refractivity contribution in [3.63, 3.8) is 0 Å². The summed E-state index contributed by atoms with van der Waals surface area (Å²) in [6, 6.07) is 8.89. The number of hydrogen-bond acceptors (Lipinski definition) is 2. The van der Waals surface area contributed by atoms with E-state index in [0.29, 0.717) is 11.1 Å². The molecule has 1 aliphatic carbocycles. The summed E-state index contributed by atoms with van der Waals surface area (Å²) in [5.74, 6) is -2.22. The van der Waals surface area contributed by atoms with Crippen molar-refractivity contribution >= 4 is 11.7 Å². The predicted molar refractivity (Wildman–Crippen MR) is 99.6 cm³/mol. The third-order valence-corrected chi connectivity index (χ3v) is 5.07. The fourth-order valence-electron chi connectivity index (χ4n) is 3.46. The highest BCUT2D eigenvalue weighted by Crippen LogP contribution is 2.23. The topological polar surface area (TPSA) is 46.2 Å². The number of rotatable bonds is 6. The van der Waals surface area contributed by atoms with E-state index >= 15 is 0 Å². The standard InChI is InChI=1S/C22H23F2NO2/c1-14(16-8-9-19(23)20(24)13-16)25-22(27)11-10-21(26)18-7-6-15-4-2-3-5-17(15)12-18/h6-9,12-14H,2-5,10-11H2,1H3,(H,25,27). The van der Waals surface area contributed by atoms with Gasteiger partial charge in [-0.3, -0.25) is 9.59 Å². The van der Waals surface area contributed by atoms with Crippen LogP contribution in [0.3, 0.4) is 0 Å². The number of carbonyl (C=O) groups excluding carboxylic acids is 2. The van der Waals surface area contributed by atoms with Crippen molar-refractivity contribution in [2.75, 3.05) is 0 Å². The third-order valence-electron chi connectivity index (χ3n) is 5.07. The van der Waals surface area contributed by atoms with E-state index in [0.717, 1.165) is 31.4 Å². The average Bonchev–Trinajstić information content (AvgIpc) is 2.67. The first-order valence-electron chi connectivity index (χ1n) is 9.33. The lowest BCUT2D eigenvalue weighted by molar-refractivity contribution is -0.121. The number of Topliss-reactive ketones (excluding diaryl/α,β-unsaturated/α-hetero) is 1. The van der Waals surface area contributed by atoms with Crippen LogP contribution in [-0.2, 0) is 17.6 Å². The van der Waals surface area contributed by atoms with Crippen LogP contribution in [-0.4, -0.2) is 11.7 Å². The molecule has 0 aromatic heterocycles. The molecule has 2 aromatic rings. The molecule has 3 nitrogen and oxygen atoms in total. The molecule has 0 saturated heterocycles. The van der Waals surface area contributed by atoms with Crippen LogP contribution in [0, 0.1) is 11.6 Å². The van der Waals surface area contributed by atoms with E-state index in [1.54, 1.807) is 6.92 Å².